The third-order valence-electron chi connectivity index (χ3n) is 4.66. The first-order chi connectivity index (χ1) is 11.7. The Balaban J connectivity index is 0.00000225. The molecule has 1 saturated heterocycles. The van der Waals surface area contributed by atoms with Gasteiger partial charge in [0.25, 0.3) is 0 Å². The average molecular weight is 361 g/mol. The van der Waals surface area contributed by atoms with Gasteiger partial charge in [-0.3, -0.25) is 4.79 Å². The van der Waals surface area contributed by atoms with Gasteiger partial charge in [0, 0.05) is 12.6 Å². The molecule has 0 aliphatic carbocycles. The maximum absolute atomic E-state index is 12.9. The summed E-state index contributed by atoms with van der Waals surface area (Å²) in [5.41, 5.74) is 8.41. The first-order valence-electron chi connectivity index (χ1n) is 8.42. The summed E-state index contributed by atoms with van der Waals surface area (Å²) in [7, 11) is 0. The highest BCUT2D eigenvalue weighted by atomic mass is 35.5. The Morgan fingerprint density at radius 3 is 2.36 bits per heavy atom. The summed E-state index contributed by atoms with van der Waals surface area (Å²) >= 11 is 0. The van der Waals surface area contributed by atoms with Crippen molar-refractivity contribution in [3.63, 3.8) is 0 Å². The van der Waals surface area contributed by atoms with E-state index in [2.05, 4.69) is 0 Å². The van der Waals surface area contributed by atoms with E-state index in [-0.39, 0.29) is 36.4 Å². The van der Waals surface area contributed by atoms with Crippen LogP contribution in [0.4, 0.5) is 0 Å². The molecule has 2 N–H and O–H groups in total. The Morgan fingerprint density at radius 2 is 1.72 bits per heavy atom. The van der Waals surface area contributed by atoms with Gasteiger partial charge >= 0.3 is 0 Å². The van der Waals surface area contributed by atoms with Crippen molar-refractivity contribution in [3.05, 3.63) is 71.8 Å². The van der Waals surface area contributed by atoms with Crippen molar-refractivity contribution in [3.8, 4) is 0 Å². The van der Waals surface area contributed by atoms with E-state index in [9.17, 15) is 4.79 Å². The SMILES string of the molecule is CC(C(=O)N1CCOC(c2ccccc2)C1)C(N)c1ccccc1.Cl. The molecule has 3 atom stereocenters. The van der Waals surface area contributed by atoms with E-state index in [0.717, 1.165) is 11.1 Å². The molecular formula is C20H25ClN2O2. The second-order valence-electron chi connectivity index (χ2n) is 6.28. The number of amides is 1. The van der Waals surface area contributed by atoms with E-state index in [4.69, 9.17) is 10.5 Å². The number of hydrogen-bond acceptors (Lipinski definition) is 3. The van der Waals surface area contributed by atoms with Crippen LogP contribution in [0.2, 0.25) is 0 Å². The van der Waals surface area contributed by atoms with Crippen molar-refractivity contribution in [2.75, 3.05) is 19.7 Å². The number of carbonyl (C=O) groups is 1. The van der Waals surface area contributed by atoms with Gasteiger partial charge in [0.05, 0.1) is 19.1 Å². The van der Waals surface area contributed by atoms with E-state index in [1.54, 1.807) is 0 Å². The lowest BCUT2D eigenvalue weighted by Gasteiger charge is -2.35. The molecular weight excluding hydrogens is 336 g/mol. The van der Waals surface area contributed by atoms with Crippen LogP contribution in [0, 0.1) is 5.92 Å². The minimum atomic E-state index is -0.295. The maximum atomic E-state index is 12.9. The lowest BCUT2D eigenvalue weighted by Crippen LogP contribution is -2.46. The van der Waals surface area contributed by atoms with Crippen LogP contribution >= 0.6 is 12.4 Å². The zero-order valence-electron chi connectivity index (χ0n) is 14.4. The zero-order chi connectivity index (χ0) is 16.9. The highest BCUT2D eigenvalue weighted by Gasteiger charge is 2.31. The van der Waals surface area contributed by atoms with E-state index in [1.807, 2.05) is 72.5 Å². The van der Waals surface area contributed by atoms with Crippen LogP contribution in [0.25, 0.3) is 0 Å². The molecule has 1 fully saturated rings. The molecule has 5 heteroatoms. The fourth-order valence-corrected chi connectivity index (χ4v) is 3.12. The Morgan fingerprint density at radius 1 is 1.12 bits per heavy atom. The number of nitrogens with zero attached hydrogens (tertiary/aromatic N) is 1. The Bertz CT molecular complexity index is 666. The molecule has 1 aliphatic rings. The number of nitrogens with two attached hydrogens (primary N) is 1. The topological polar surface area (TPSA) is 55.6 Å². The third-order valence-corrected chi connectivity index (χ3v) is 4.66. The highest BCUT2D eigenvalue weighted by molar-refractivity contribution is 5.85. The van der Waals surface area contributed by atoms with Gasteiger partial charge in [-0.25, -0.2) is 0 Å². The van der Waals surface area contributed by atoms with Gasteiger partial charge in [-0.2, -0.15) is 0 Å². The first-order valence-corrected chi connectivity index (χ1v) is 8.42. The summed E-state index contributed by atoms with van der Waals surface area (Å²) in [6.45, 7) is 3.66. The van der Waals surface area contributed by atoms with Gasteiger partial charge in [-0.15, -0.1) is 12.4 Å². The molecule has 2 aromatic rings. The zero-order valence-corrected chi connectivity index (χ0v) is 15.2. The van der Waals surface area contributed by atoms with Crippen LogP contribution in [0.15, 0.2) is 60.7 Å². The number of ether oxygens (including phenoxy) is 1. The quantitative estimate of drug-likeness (QED) is 0.909. The number of rotatable bonds is 4. The second-order valence-corrected chi connectivity index (χ2v) is 6.28. The van der Waals surface area contributed by atoms with E-state index in [0.29, 0.717) is 19.7 Å². The van der Waals surface area contributed by atoms with Crippen LogP contribution < -0.4 is 5.73 Å². The largest absolute Gasteiger partial charge is 0.370 e. The molecule has 0 spiro atoms. The fourth-order valence-electron chi connectivity index (χ4n) is 3.12. The van der Waals surface area contributed by atoms with Crippen LogP contribution in [-0.4, -0.2) is 30.5 Å². The minimum Gasteiger partial charge on any atom is -0.370 e. The smallest absolute Gasteiger partial charge is 0.227 e. The van der Waals surface area contributed by atoms with Crippen molar-refractivity contribution in [2.24, 2.45) is 11.7 Å². The van der Waals surface area contributed by atoms with Gasteiger partial charge in [0.15, 0.2) is 0 Å². The molecule has 4 nitrogen and oxygen atoms in total. The summed E-state index contributed by atoms with van der Waals surface area (Å²) in [5, 5.41) is 0. The molecule has 3 unspecified atom stereocenters. The van der Waals surface area contributed by atoms with Crippen molar-refractivity contribution < 1.29 is 9.53 Å². The summed E-state index contributed by atoms with van der Waals surface area (Å²) in [6, 6.07) is 19.6. The van der Waals surface area contributed by atoms with Gasteiger partial charge in [-0.05, 0) is 11.1 Å². The van der Waals surface area contributed by atoms with E-state index < -0.39 is 0 Å². The number of carbonyl (C=O) groups excluding carboxylic acids is 1. The van der Waals surface area contributed by atoms with Gasteiger partial charge in [-0.1, -0.05) is 67.6 Å². The summed E-state index contributed by atoms with van der Waals surface area (Å²) in [6.07, 6.45) is -0.0657. The molecule has 0 radical (unpaired) electrons. The van der Waals surface area contributed by atoms with Gasteiger partial charge in [0.1, 0.15) is 6.10 Å². The summed E-state index contributed by atoms with van der Waals surface area (Å²) < 4.78 is 5.84. The Labute approximate surface area is 155 Å². The van der Waals surface area contributed by atoms with Crippen LogP contribution in [0.3, 0.4) is 0 Å². The lowest BCUT2D eigenvalue weighted by molar-refractivity contribution is -0.143. The van der Waals surface area contributed by atoms with Crippen molar-refractivity contribution >= 4 is 18.3 Å². The molecule has 1 aliphatic heterocycles. The van der Waals surface area contributed by atoms with Gasteiger partial charge in [0.2, 0.25) is 5.91 Å². The summed E-state index contributed by atoms with van der Waals surface area (Å²) in [5.74, 6) is -0.169. The molecule has 3 rings (SSSR count). The Hall–Kier alpha value is -1.88. The third kappa shape index (κ3) is 4.60. The van der Waals surface area contributed by atoms with Crippen molar-refractivity contribution in [1.29, 1.82) is 0 Å². The number of benzene rings is 2. The summed E-state index contributed by atoms with van der Waals surface area (Å²) in [4.78, 5) is 14.8. The monoisotopic (exact) mass is 360 g/mol. The van der Waals surface area contributed by atoms with Crippen molar-refractivity contribution in [2.45, 2.75) is 19.1 Å². The lowest BCUT2D eigenvalue weighted by atomic mass is 9.93. The molecule has 2 aromatic carbocycles. The van der Waals surface area contributed by atoms with E-state index >= 15 is 0 Å². The normalized spacial score (nSPS) is 19.6. The van der Waals surface area contributed by atoms with Crippen molar-refractivity contribution in [1.82, 2.24) is 4.90 Å². The molecule has 134 valence electrons. The predicted octanol–water partition coefficient (Wildman–Crippen LogP) is 3.34. The molecule has 0 saturated carbocycles. The minimum absolute atomic E-state index is 0. The van der Waals surface area contributed by atoms with Gasteiger partial charge < -0.3 is 15.4 Å². The molecule has 0 bridgehead atoms. The number of morpholine rings is 1. The van der Waals surface area contributed by atoms with Crippen LogP contribution in [0.1, 0.15) is 30.2 Å². The average Bonchev–Trinajstić information content (AvgIpc) is 2.67. The maximum Gasteiger partial charge on any atom is 0.227 e. The molecule has 1 heterocycles. The van der Waals surface area contributed by atoms with E-state index in [1.165, 1.54) is 0 Å². The van der Waals surface area contributed by atoms with Crippen LogP contribution in [-0.2, 0) is 9.53 Å². The standard InChI is InChI=1S/C20H24N2O2.ClH/c1-15(19(21)17-10-6-3-7-11-17)20(23)22-12-13-24-18(14-22)16-8-4-2-5-9-16;/h2-11,15,18-19H,12-14,21H2,1H3;1H. The fraction of sp³-hybridized carbons (Fsp3) is 0.350. The Kier molecular flexibility index (Phi) is 7.00. The molecule has 1 amide bonds. The highest BCUT2D eigenvalue weighted by Crippen LogP contribution is 2.26. The molecule has 0 aromatic heterocycles. The molecule has 25 heavy (non-hydrogen) atoms. The predicted molar refractivity (Wildman–Crippen MR) is 101 cm³/mol. The number of halogens is 1. The number of hydrogen-bond donors (Lipinski definition) is 1. The first kappa shape index (κ1) is 19.4. The van der Waals surface area contributed by atoms with Crippen LogP contribution in [0.5, 0.6) is 0 Å². The second kappa shape index (κ2) is 8.99.